The molecule has 1 heterocycles. The predicted octanol–water partition coefficient (Wildman–Crippen LogP) is 2.33. The monoisotopic (exact) mass is 224 g/mol. The first-order valence-electron chi connectivity index (χ1n) is 5.03. The largest absolute Gasteiger partial charge is 0.487 e. The Labute approximate surface area is 93.2 Å². The molecule has 0 unspecified atom stereocenters. The second-order valence-electron chi connectivity index (χ2n) is 4.46. The number of carbonyl (C=O) groups is 1. The Bertz CT molecular complexity index is 452. The van der Waals surface area contributed by atoms with Crippen LogP contribution < -0.4 is 4.74 Å². The summed E-state index contributed by atoms with van der Waals surface area (Å²) in [5, 5.41) is 0. The van der Waals surface area contributed by atoms with Crippen LogP contribution in [0.15, 0.2) is 12.1 Å². The minimum Gasteiger partial charge on any atom is -0.487 e. The van der Waals surface area contributed by atoms with Crippen LogP contribution in [0.3, 0.4) is 0 Å². The number of halogens is 1. The highest BCUT2D eigenvalue weighted by Gasteiger charge is 2.34. The molecule has 86 valence electrons. The summed E-state index contributed by atoms with van der Waals surface area (Å²) in [7, 11) is 1.28. The second-order valence-corrected chi connectivity index (χ2v) is 4.46. The van der Waals surface area contributed by atoms with Gasteiger partial charge in [-0.2, -0.15) is 0 Å². The fourth-order valence-corrected chi connectivity index (χ4v) is 1.94. The fraction of sp³-hybridized carbons (Fsp3) is 0.417. The molecule has 16 heavy (non-hydrogen) atoms. The molecule has 1 aromatic rings. The highest BCUT2D eigenvalue weighted by molar-refractivity contribution is 5.92. The van der Waals surface area contributed by atoms with E-state index in [0.717, 1.165) is 5.56 Å². The van der Waals surface area contributed by atoms with Crippen molar-refractivity contribution in [2.75, 3.05) is 7.11 Å². The lowest BCUT2D eigenvalue weighted by Crippen LogP contribution is -2.25. The highest BCUT2D eigenvalue weighted by Crippen LogP contribution is 2.37. The van der Waals surface area contributed by atoms with E-state index in [2.05, 4.69) is 4.74 Å². The lowest BCUT2D eigenvalue weighted by Gasteiger charge is -2.16. The van der Waals surface area contributed by atoms with E-state index in [9.17, 15) is 9.18 Å². The van der Waals surface area contributed by atoms with Crippen LogP contribution in [0.1, 0.15) is 29.8 Å². The number of carbonyl (C=O) groups excluding carboxylic acids is 1. The second kappa shape index (κ2) is 3.47. The Morgan fingerprint density at radius 1 is 1.50 bits per heavy atom. The number of hydrogen-bond donors (Lipinski definition) is 0. The third-order valence-corrected chi connectivity index (χ3v) is 2.57. The van der Waals surface area contributed by atoms with E-state index >= 15 is 0 Å². The Balaban J connectivity index is 2.53. The third kappa shape index (κ3) is 1.75. The van der Waals surface area contributed by atoms with Gasteiger partial charge in [0.15, 0.2) is 0 Å². The maximum Gasteiger partial charge on any atom is 0.338 e. The van der Waals surface area contributed by atoms with Gasteiger partial charge in [0.1, 0.15) is 17.2 Å². The highest BCUT2D eigenvalue weighted by atomic mass is 19.1. The predicted molar refractivity (Wildman–Crippen MR) is 56.2 cm³/mol. The first-order chi connectivity index (χ1) is 7.43. The molecule has 0 N–H and O–H groups in total. The maximum atomic E-state index is 13.3. The van der Waals surface area contributed by atoms with Crippen LogP contribution in [0, 0.1) is 5.82 Å². The molecule has 0 aliphatic carbocycles. The molecule has 2 rings (SSSR count). The molecule has 0 aromatic heterocycles. The zero-order valence-electron chi connectivity index (χ0n) is 9.46. The van der Waals surface area contributed by atoms with Crippen LogP contribution in [0.2, 0.25) is 0 Å². The van der Waals surface area contributed by atoms with Crippen LogP contribution in [-0.2, 0) is 11.2 Å². The van der Waals surface area contributed by atoms with Gasteiger partial charge < -0.3 is 9.47 Å². The Kier molecular flexibility index (Phi) is 2.37. The van der Waals surface area contributed by atoms with E-state index in [-0.39, 0.29) is 5.56 Å². The molecule has 0 saturated carbocycles. The molecular weight excluding hydrogens is 211 g/mol. The van der Waals surface area contributed by atoms with Crippen molar-refractivity contribution >= 4 is 5.97 Å². The summed E-state index contributed by atoms with van der Waals surface area (Å²) < 4.78 is 23.5. The molecule has 0 radical (unpaired) electrons. The summed E-state index contributed by atoms with van der Waals surface area (Å²) in [5.41, 5.74) is 0.570. The van der Waals surface area contributed by atoms with Crippen molar-refractivity contribution in [3.63, 3.8) is 0 Å². The van der Waals surface area contributed by atoms with Crippen LogP contribution in [0.4, 0.5) is 4.39 Å². The zero-order valence-corrected chi connectivity index (χ0v) is 9.46. The van der Waals surface area contributed by atoms with Gasteiger partial charge in [0.2, 0.25) is 0 Å². The smallest absolute Gasteiger partial charge is 0.338 e. The molecule has 0 spiro atoms. The Morgan fingerprint density at radius 2 is 2.19 bits per heavy atom. The summed E-state index contributed by atoms with van der Waals surface area (Å²) in [6.07, 6.45) is 0.576. The summed E-state index contributed by atoms with van der Waals surface area (Å²) >= 11 is 0. The average molecular weight is 224 g/mol. The molecule has 1 aliphatic rings. The lowest BCUT2D eigenvalue weighted by molar-refractivity contribution is 0.0599. The van der Waals surface area contributed by atoms with E-state index in [4.69, 9.17) is 4.74 Å². The van der Waals surface area contributed by atoms with Crippen LogP contribution in [0.5, 0.6) is 5.75 Å². The number of rotatable bonds is 1. The average Bonchev–Trinajstić information content (AvgIpc) is 2.49. The lowest BCUT2D eigenvalue weighted by atomic mass is 9.97. The van der Waals surface area contributed by atoms with Gasteiger partial charge in [0, 0.05) is 18.1 Å². The number of fused-ring (bicyclic) bond motifs is 1. The SMILES string of the molecule is COC(=O)c1cc(F)cc2c1CC(C)(C)O2. The minimum absolute atomic E-state index is 0.253. The summed E-state index contributed by atoms with van der Waals surface area (Å²) in [5.74, 6) is -0.584. The number of esters is 1. The van der Waals surface area contributed by atoms with Crippen molar-refractivity contribution in [3.05, 3.63) is 29.1 Å². The van der Waals surface area contributed by atoms with Crippen molar-refractivity contribution in [1.29, 1.82) is 0 Å². The van der Waals surface area contributed by atoms with Crippen molar-refractivity contribution in [2.24, 2.45) is 0 Å². The molecule has 1 aromatic carbocycles. The number of hydrogen-bond acceptors (Lipinski definition) is 3. The van der Waals surface area contributed by atoms with Gasteiger partial charge in [-0.25, -0.2) is 9.18 Å². The van der Waals surface area contributed by atoms with Crippen LogP contribution >= 0.6 is 0 Å². The van der Waals surface area contributed by atoms with Gasteiger partial charge >= 0.3 is 5.97 Å². The first kappa shape index (κ1) is 10.9. The molecule has 0 saturated heterocycles. The van der Waals surface area contributed by atoms with Crippen LogP contribution in [0.25, 0.3) is 0 Å². The van der Waals surface area contributed by atoms with Crippen molar-refractivity contribution in [2.45, 2.75) is 25.9 Å². The topological polar surface area (TPSA) is 35.5 Å². The summed E-state index contributed by atoms with van der Waals surface area (Å²) in [4.78, 5) is 11.5. The quantitative estimate of drug-likeness (QED) is 0.687. The molecule has 0 amide bonds. The molecular formula is C12H13FO3. The van der Waals surface area contributed by atoms with Crippen molar-refractivity contribution < 1.29 is 18.7 Å². The van der Waals surface area contributed by atoms with Crippen LogP contribution in [-0.4, -0.2) is 18.7 Å². The molecule has 1 aliphatic heterocycles. The molecule has 0 atom stereocenters. The number of methoxy groups -OCH3 is 1. The van der Waals surface area contributed by atoms with Gasteiger partial charge in [-0.15, -0.1) is 0 Å². The van der Waals surface area contributed by atoms with Gasteiger partial charge in [-0.3, -0.25) is 0 Å². The standard InChI is InChI=1S/C12H13FO3/c1-12(2)6-9-8(11(14)15-3)4-7(13)5-10(9)16-12/h4-5H,6H2,1-3H3. The third-order valence-electron chi connectivity index (χ3n) is 2.57. The zero-order chi connectivity index (χ0) is 11.9. The van der Waals surface area contributed by atoms with E-state index in [0.29, 0.717) is 12.2 Å². The van der Waals surface area contributed by atoms with E-state index in [1.165, 1.54) is 19.2 Å². The fourth-order valence-electron chi connectivity index (χ4n) is 1.94. The van der Waals surface area contributed by atoms with Gasteiger partial charge in [0.05, 0.1) is 12.7 Å². The van der Waals surface area contributed by atoms with Gasteiger partial charge in [0.25, 0.3) is 0 Å². The number of benzene rings is 1. The van der Waals surface area contributed by atoms with Crippen molar-refractivity contribution in [1.82, 2.24) is 0 Å². The van der Waals surface area contributed by atoms with Crippen molar-refractivity contribution in [3.8, 4) is 5.75 Å². The maximum absolute atomic E-state index is 13.3. The van der Waals surface area contributed by atoms with E-state index < -0.39 is 17.4 Å². The Hall–Kier alpha value is -1.58. The molecule has 0 fully saturated rings. The molecule has 3 nitrogen and oxygen atoms in total. The summed E-state index contributed by atoms with van der Waals surface area (Å²) in [6.45, 7) is 3.79. The van der Waals surface area contributed by atoms with E-state index in [1.807, 2.05) is 13.8 Å². The van der Waals surface area contributed by atoms with Gasteiger partial charge in [-0.05, 0) is 19.9 Å². The first-order valence-corrected chi connectivity index (χ1v) is 5.03. The molecule has 0 bridgehead atoms. The number of ether oxygens (including phenoxy) is 2. The minimum atomic E-state index is -0.531. The molecule has 4 heteroatoms. The van der Waals surface area contributed by atoms with Gasteiger partial charge in [-0.1, -0.05) is 0 Å². The Morgan fingerprint density at radius 3 is 2.81 bits per heavy atom. The normalized spacial score (nSPS) is 16.5. The van der Waals surface area contributed by atoms with E-state index in [1.54, 1.807) is 0 Å². The summed E-state index contributed by atoms with van der Waals surface area (Å²) in [6, 6.07) is 2.49.